The van der Waals surface area contributed by atoms with Crippen molar-refractivity contribution in [1.82, 2.24) is 14.9 Å². The Kier molecular flexibility index (Phi) is 4.10. The molecule has 3 aromatic rings. The van der Waals surface area contributed by atoms with Crippen LogP contribution in [0.25, 0.3) is 21.7 Å². The van der Waals surface area contributed by atoms with Crippen molar-refractivity contribution in [2.75, 3.05) is 0 Å². The summed E-state index contributed by atoms with van der Waals surface area (Å²) in [5, 5.41) is 3.19. The van der Waals surface area contributed by atoms with Crippen LogP contribution in [0.3, 0.4) is 0 Å². The normalized spacial score (nSPS) is 15.7. The van der Waals surface area contributed by atoms with E-state index in [9.17, 15) is 4.79 Å². The third kappa shape index (κ3) is 2.84. The molecule has 124 valence electrons. The van der Waals surface area contributed by atoms with Crippen molar-refractivity contribution < 1.29 is 4.79 Å². The maximum Gasteiger partial charge on any atom is 0.261 e. The van der Waals surface area contributed by atoms with Gasteiger partial charge < -0.3 is 9.88 Å². The first kappa shape index (κ1) is 15.4. The molecular weight excluding hydrogens is 318 g/mol. The minimum absolute atomic E-state index is 0.0527. The van der Waals surface area contributed by atoms with Gasteiger partial charge >= 0.3 is 0 Å². The highest BCUT2D eigenvalue weighted by atomic mass is 32.1. The zero-order valence-electron chi connectivity index (χ0n) is 13.8. The molecule has 1 amide bonds. The van der Waals surface area contributed by atoms with Gasteiger partial charge in [0, 0.05) is 13.1 Å². The minimum Gasteiger partial charge on any atom is -0.349 e. The number of thiophene rings is 1. The van der Waals surface area contributed by atoms with Gasteiger partial charge in [0.05, 0.1) is 20.8 Å². The molecule has 1 saturated carbocycles. The number of fused-ring (bicyclic) bond motifs is 1. The van der Waals surface area contributed by atoms with E-state index in [1.807, 2.05) is 37.4 Å². The number of carbonyl (C=O) groups excluding carboxylic acids is 1. The fraction of sp³-hybridized carbons (Fsp3) is 0.368. The number of hydrogen-bond acceptors (Lipinski definition) is 3. The molecule has 2 heterocycles. The molecule has 1 aromatic carbocycles. The third-order valence-corrected chi connectivity index (χ3v) is 5.86. The number of para-hydroxylation sites is 2. The van der Waals surface area contributed by atoms with Crippen molar-refractivity contribution in [1.29, 1.82) is 0 Å². The number of rotatable bonds is 3. The zero-order valence-corrected chi connectivity index (χ0v) is 14.6. The molecule has 0 bridgehead atoms. The topological polar surface area (TPSA) is 46.9 Å². The molecule has 4 rings (SSSR count). The van der Waals surface area contributed by atoms with Crippen molar-refractivity contribution in [3.8, 4) is 10.7 Å². The summed E-state index contributed by atoms with van der Waals surface area (Å²) in [5.74, 6) is 0.967. The maximum absolute atomic E-state index is 12.5. The van der Waals surface area contributed by atoms with Crippen LogP contribution >= 0.6 is 11.3 Å². The van der Waals surface area contributed by atoms with Crippen LogP contribution in [-0.2, 0) is 7.05 Å². The summed E-state index contributed by atoms with van der Waals surface area (Å²) in [4.78, 5) is 19.0. The van der Waals surface area contributed by atoms with Gasteiger partial charge in [-0.3, -0.25) is 4.79 Å². The van der Waals surface area contributed by atoms with Gasteiger partial charge in [-0.1, -0.05) is 31.4 Å². The van der Waals surface area contributed by atoms with E-state index >= 15 is 0 Å². The van der Waals surface area contributed by atoms with Crippen molar-refractivity contribution in [3.05, 3.63) is 41.3 Å². The molecule has 1 aliphatic carbocycles. The van der Waals surface area contributed by atoms with Gasteiger partial charge in [0.2, 0.25) is 0 Å². The number of nitrogens with one attached hydrogen (secondary N) is 1. The number of amides is 1. The van der Waals surface area contributed by atoms with Gasteiger partial charge in [-0.2, -0.15) is 0 Å². The van der Waals surface area contributed by atoms with Crippen molar-refractivity contribution in [2.24, 2.45) is 7.05 Å². The quantitative estimate of drug-likeness (QED) is 0.770. The largest absolute Gasteiger partial charge is 0.349 e. The lowest BCUT2D eigenvalue weighted by Crippen LogP contribution is -2.35. The summed E-state index contributed by atoms with van der Waals surface area (Å²) in [6.07, 6.45) is 5.95. The summed E-state index contributed by atoms with van der Waals surface area (Å²) in [6.45, 7) is 0. The Morgan fingerprint density at radius 2 is 1.96 bits per heavy atom. The SMILES string of the molecule is Cn1c(-c2ccc(C(=O)NC3CCCCC3)s2)nc2ccccc21. The number of hydrogen-bond donors (Lipinski definition) is 1. The van der Waals surface area contributed by atoms with Gasteiger partial charge in [-0.15, -0.1) is 11.3 Å². The molecule has 0 spiro atoms. The second-order valence-corrected chi connectivity index (χ2v) is 7.54. The predicted molar refractivity (Wildman–Crippen MR) is 98.4 cm³/mol. The van der Waals surface area contributed by atoms with Crippen molar-refractivity contribution in [2.45, 2.75) is 38.1 Å². The lowest BCUT2D eigenvalue weighted by Gasteiger charge is -2.22. The third-order valence-electron chi connectivity index (χ3n) is 4.78. The van der Waals surface area contributed by atoms with Crippen LogP contribution in [-0.4, -0.2) is 21.5 Å². The first-order chi connectivity index (χ1) is 11.7. The highest BCUT2D eigenvalue weighted by Crippen LogP contribution is 2.30. The summed E-state index contributed by atoms with van der Waals surface area (Å²) < 4.78 is 2.09. The molecule has 0 aliphatic heterocycles. The molecule has 1 N–H and O–H groups in total. The molecule has 0 atom stereocenters. The molecular formula is C19H21N3OS. The smallest absolute Gasteiger partial charge is 0.261 e. The molecule has 4 nitrogen and oxygen atoms in total. The van der Waals surface area contributed by atoms with Gasteiger partial charge in [0.15, 0.2) is 5.82 Å². The molecule has 0 radical (unpaired) electrons. The number of nitrogens with zero attached hydrogens (tertiary/aromatic N) is 2. The molecule has 5 heteroatoms. The van der Waals surface area contributed by atoms with Crippen molar-refractivity contribution in [3.63, 3.8) is 0 Å². The van der Waals surface area contributed by atoms with E-state index in [2.05, 4.69) is 16.0 Å². The van der Waals surface area contributed by atoms with Gasteiger partial charge in [0.25, 0.3) is 5.91 Å². The Bertz CT molecular complexity index is 874. The molecule has 2 aromatic heterocycles. The molecule has 1 aliphatic rings. The number of aromatic nitrogens is 2. The first-order valence-electron chi connectivity index (χ1n) is 8.55. The lowest BCUT2D eigenvalue weighted by atomic mass is 9.95. The van der Waals surface area contributed by atoms with Crippen LogP contribution < -0.4 is 5.32 Å². The van der Waals surface area contributed by atoms with Crippen LogP contribution in [0.1, 0.15) is 41.8 Å². The summed E-state index contributed by atoms with van der Waals surface area (Å²) in [5.41, 5.74) is 2.09. The number of benzene rings is 1. The summed E-state index contributed by atoms with van der Waals surface area (Å²) in [7, 11) is 2.02. The maximum atomic E-state index is 12.5. The van der Waals surface area contributed by atoms with E-state index in [4.69, 9.17) is 4.98 Å². The second kappa shape index (κ2) is 6.40. The van der Waals surface area contributed by atoms with E-state index < -0.39 is 0 Å². The Hall–Kier alpha value is -2.14. The van der Waals surface area contributed by atoms with Gasteiger partial charge in [0.1, 0.15) is 0 Å². The minimum atomic E-state index is 0.0527. The lowest BCUT2D eigenvalue weighted by molar-refractivity contribution is 0.0932. The standard InChI is InChI=1S/C19H21N3OS/c1-22-15-10-6-5-9-14(15)21-18(22)16-11-12-17(24-16)19(23)20-13-7-3-2-4-8-13/h5-6,9-13H,2-4,7-8H2,1H3,(H,20,23). The zero-order chi connectivity index (χ0) is 16.5. The van der Waals surface area contributed by atoms with E-state index in [0.29, 0.717) is 6.04 Å². The van der Waals surface area contributed by atoms with Crippen LogP contribution in [0.5, 0.6) is 0 Å². The number of carbonyl (C=O) groups is 1. The molecule has 1 fully saturated rings. The highest BCUT2D eigenvalue weighted by Gasteiger charge is 2.19. The first-order valence-corrected chi connectivity index (χ1v) is 9.36. The Balaban J connectivity index is 1.57. The van der Waals surface area contributed by atoms with E-state index in [-0.39, 0.29) is 5.91 Å². The second-order valence-electron chi connectivity index (χ2n) is 6.46. The average molecular weight is 339 g/mol. The van der Waals surface area contributed by atoms with Gasteiger partial charge in [-0.05, 0) is 37.1 Å². The molecule has 24 heavy (non-hydrogen) atoms. The van der Waals surface area contributed by atoms with E-state index in [1.165, 1.54) is 30.6 Å². The van der Waals surface area contributed by atoms with Crippen LogP contribution in [0.2, 0.25) is 0 Å². The van der Waals surface area contributed by atoms with Gasteiger partial charge in [-0.25, -0.2) is 4.98 Å². The average Bonchev–Trinajstić information content (AvgIpc) is 3.21. The number of imidazole rings is 1. The van der Waals surface area contributed by atoms with Crippen molar-refractivity contribution >= 4 is 28.3 Å². The summed E-state index contributed by atoms with van der Waals surface area (Å²) >= 11 is 1.52. The predicted octanol–water partition coefficient (Wildman–Crippen LogP) is 4.36. The Morgan fingerprint density at radius 3 is 2.75 bits per heavy atom. The highest BCUT2D eigenvalue weighted by molar-refractivity contribution is 7.17. The van der Waals surface area contributed by atoms with E-state index in [0.717, 1.165) is 39.5 Å². The van der Waals surface area contributed by atoms with Crippen LogP contribution in [0.15, 0.2) is 36.4 Å². The monoisotopic (exact) mass is 339 g/mol. The number of aryl methyl sites for hydroxylation is 1. The Morgan fingerprint density at radius 1 is 1.17 bits per heavy atom. The Labute approximate surface area is 145 Å². The molecule has 0 saturated heterocycles. The van der Waals surface area contributed by atoms with Crippen LogP contribution in [0.4, 0.5) is 0 Å². The molecule has 0 unspecified atom stereocenters. The summed E-state index contributed by atoms with van der Waals surface area (Å²) in [6, 6.07) is 12.4. The van der Waals surface area contributed by atoms with Crippen LogP contribution in [0, 0.1) is 0 Å². The van der Waals surface area contributed by atoms with E-state index in [1.54, 1.807) is 0 Å². The fourth-order valence-corrected chi connectivity index (χ4v) is 4.38. The fourth-order valence-electron chi connectivity index (χ4n) is 3.45.